The topological polar surface area (TPSA) is 67.8 Å². The minimum Gasteiger partial charge on any atom is -0.445 e. The summed E-state index contributed by atoms with van der Waals surface area (Å²) in [7, 11) is 0. The first-order chi connectivity index (χ1) is 10.2. The smallest absolute Gasteiger partial charge is 0.409 e. The number of alkyl carbamates (subject to hydrolysis) is 1. The van der Waals surface area contributed by atoms with Gasteiger partial charge in [0.2, 0.25) is 0 Å². The van der Waals surface area contributed by atoms with Crippen molar-refractivity contribution in [2.24, 2.45) is 5.92 Å². The van der Waals surface area contributed by atoms with Gasteiger partial charge in [0.25, 0.3) is 0 Å². The number of nitrogens with one attached hydrogen (secondary N) is 1. The number of rotatable bonds is 9. The Morgan fingerprint density at radius 2 is 2.05 bits per heavy atom. The molecule has 0 aliphatic carbocycles. The number of aliphatic hydroxyl groups is 1. The van der Waals surface area contributed by atoms with Crippen molar-refractivity contribution in [2.75, 3.05) is 13.2 Å². The molecule has 0 aromatic heterocycles. The number of benzene rings is 1. The lowest BCUT2D eigenvalue weighted by Crippen LogP contribution is -2.41. The van der Waals surface area contributed by atoms with E-state index >= 15 is 0 Å². The number of carbonyl (C=O) groups excluding carboxylic acids is 1. The Bertz CT molecular complexity index is 397. The molecule has 5 nitrogen and oxygen atoms in total. The SMILES string of the molecule is CCOC(NC(=O)OCc1ccccc1)C(C)CCCO. The highest BCUT2D eigenvalue weighted by Gasteiger charge is 2.20. The molecule has 1 aromatic carbocycles. The quantitative estimate of drug-likeness (QED) is 0.687. The van der Waals surface area contributed by atoms with Crippen LogP contribution in [0.3, 0.4) is 0 Å². The third-order valence-electron chi connectivity index (χ3n) is 3.15. The Labute approximate surface area is 126 Å². The summed E-state index contributed by atoms with van der Waals surface area (Å²) in [5, 5.41) is 11.6. The molecule has 2 unspecified atom stereocenters. The molecule has 0 heterocycles. The molecular weight excluding hydrogens is 270 g/mol. The molecule has 0 spiro atoms. The molecule has 2 N–H and O–H groups in total. The second-order valence-corrected chi connectivity index (χ2v) is 4.93. The lowest BCUT2D eigenvalue weighted by atomic mass is 10.0. The van der Waals surface area contributed by atoms with E-state index in [1.165, 1.54) is 0 Å². The fourth-order valence-electron chi connectivity index (χ4n) is 1.97. The normalized spacial score (nSPS) is 13.5. The number of hydrogen-bond donors (Lipinski definition) is 2. The van der Waals surface area contributed by atoms with Gasteiger partial charge >= 0.3 is 6.09 Å². The van der Waals surface area contributed by atoms with E-state index in [-0.39, 0.29) is 19.1 Å². The van der Waals surface area contributed by atoms with E-state index in [1.54, 1.807) is 0 Å². The zero-order valence-corrected chi connectivity index (χ0v) is 12.7. The van der Waals surface area contributed by atoms with Crippen molar-refractivity contribution in [1.29, 1.82) is 0 Å². The predicted octanol–water partition coefficient (Wildman–Crippen LogP) is 2.68. The van der Waals surface area contributed by atoms with Crippen molar-refractivity contribution in [1.82, 2.24) is 5.32 Å². The minimum absolute atomic E-state index is 0.112. The zero-order chi connectivity index (χ0) is 15.5. The highest BCUT2D eigenvalue weighted by atomic mass is 16.6. The van der Waals surface area contributed by atoms with Gasteiger partial charge in [-0.05, 0) is 25.3 Å². The molecule has 2 atom stereocenters. The molecule has 0 bridgehead atoms. The Morgan fingerprint density at radius 3 is 2.67 bits per heavy atom. The van der Waals surface area contributed by atoms with Crippen LogP contribution in [0.25, 0.3) is 0 Å². The van der Waals surface area contributed by atoms with Gasteiger partial charge in [0, 0.05) is 19.1 Å². The average Bonchev–Trinajstić information content (AvgIpc) is 2.51. The maximum Gasteiger partial charge on any atom is 0.409 e. The lowest BCUT2D eigenvalue weighted by molar-refractivity contribution is -0.00405. The van der Waals surface area contributed by atoms with Crippen molar-refractivity contribution < 1.29 is 19.4 Å². The second-order valence-electron chi connectivity index (χ2n) is 4.93. The van der Waals surface area contributed by atoms with Crippen LogP contribution >= 0.6 is 0 Å². The third-order valence-corrected chi connectivity index (χ3v) is 3.15. The average molecular weight is 295 g/mol. The van der Waals surface area contributed by atoms with Crippen LogP contribution in [0.5, 0.6) is 0 Å². The van der Waals surface area contributed by atoms with Crippen molar-refractivity contribution in [3.05, 3.63) is 35.9 Å². The van der Waals surface area contributed by atoms with Crippen LogP contribution < -0.4 is 5.32 Å². The van der Waals surface area contributed by atoms with Crippen LogP contribution in [-0.4, -0.2) is 30.6 Å². The highest BCUT2D eigenvalue weighted by molar-refractivity contribution is 5.67. The molecule has 1 aromatic rings. The first kappa shape index (κ1) is 17.5. The molecular formula is C16H25NO4. The van der Waals surface area contributed by atoms with Gasteiger partial charge in [-0.1, -0.05) is 37.3 Å². The van der Waals surface area contributed by atoms with Gasteiger partial charge < -0.3 is 14.6 Å². The molecule has 0 saturated carbocycles. The zero-order valence-electron chi connectivity index (χ0n) is 12.7. The summed E-state index contributed by atoms with van der Waals surface area (Å²) < 4.78 is 10.7. The van der Waals surface area contributed by atoms with Gasteiger partial charge in [-0.25, -0.2) is 4.79 Å². The number of amides is 1. The lowest BCUT2D eigenvalue weighted by Gasteiger charge is -2.24. The molecule has 5 heteroatoms. The maximum atomic E-state index is 11.8. The van der Waals surface area contributed by atoms with E-state index in [0.717, 1.165) is 12.0 Å². The van der Waals surface area contributed by atoms with Gasteiger partial charge in [0.05, 0.1) is 0 Å². The monoisotopic (exact) mass is 295 g/mol. The number of carbonyl (C=O) groups is 1. The van der Waals surface area contributed by atoms with Gasteiger partial charge in [0.1, 0.15) is 12.8 Å². The van der Waals surface area contributed by atoms with E-state index in [4.69, 9.17) is 14.6 Å². The van der Waals surface area contributed by atoms with Crippen molar-refractivity contribution in [2.45, 2.75) is 39.5 Å². The molecule has 1 amide bonds. The molecule has 0 radical (unpaired) electrons. The van der Waals surface area contributed by atoms with Crippen LogP contribution in [0.15, 0.2) is 30.3 Å². The van der Waals surface area contributed by atoms with Crippen LogP contribution in [0.2, 0.25) is 0 Å². The molecule has 1 rings (SSSR count). The van der Waals surface area contributed by atoms with E-state index in [1.807, 2.05) is 44.2 Å². The Kier molecular flexibility index (Phi) is 8.47. The van der Waals surface area contributed by atoms with E-state index in [0.29, 0.717) is 13.0 Å². The van der Waals surface area contributed by atoms with Gasteiger partial charge in [-0.3, -0.25) is 5.32 Å². The number of ether oxygens (including phenoxy) is 2. The van der Waals surface area contributed by atoms with Gasteiger partial charge in [-0.2, -0.15) is 0 Å². The molecule has 0 aliphatic heterocycles. The Morgan fingerprint density at radius 1 is 1.33 bits per heavy atom. The van der Waals surface area contributed by atoms with E-state index in [2.05, 4.69) is 5.32 Å². The largest absolute Gasteiger partial charge is 0.445 e. The predicted molar refractivity (Wildman–Crippen MR) is 80.7 cm³/mol. The van der Waals surface area contributed by atoms with Crippen molar-refractivity contribution >= 4 is 6.09 Å². The van der Waals surface area contributed by atoms with Crippen LogP contribution in [0.1, 0.15) is 32.3 Å². The summed E-state index contributed by atoms with van der Waals surface area (Å²) in [5.41, 5.74) is 0.939. The summed E-state index contributed by atoms with van der Waals surface area (Å²) in [6.45, 7) is 4.74. The van der Waals surface area contributed by atoms with Crippen molar-refractivity contribution in [3.63, 3.8) is 0 Å². The van der Waals surface area contributed by atoms with E-state index < -0.39 is 12.3 Å². The maximum absolute atomic E-state index is 11.8. The highest BCUT2D eigenvalue weighted by Crippen LogP contribution is 2.12. The Hall–Kier alpha value is -1.59. The number of hydrogen-bond acceptors (Lipinski definition) is 4. The molecule has 118 valence electrons. The summed E-state index contributed by atoms with van der Waals surface area (Å²) >= 11 is 0. The summed E-state index contributed by atoms with van der Waals surface area (Å²) in [4.78, 5) is 11.8. The van der Waals surface area contributed by atoms with E-state index in [9.17, 15) is 4.79 Å². The first-order valence-electron chi connectivity index (χ1n) is 7.37. The molecule has 0 aliphatic rings. The Balaban J connectivity index is 2.40. The summed E-state index contributed by atoms with van der Waals surface area (Å²) in [5.74, 6) is 0.112. The summed E-state index contributed by atoms with van der Waals surface area (Å²) in [6.07, 6.45) is 0.573. The van der Waals surface area contributed by atoms with Crippen LogP contribution in [0.4, 0.5) is 4.79 Å². The van der Waals surface area contributed by atoms with Crippen LogP contribution in [0, 0.1) is 5.92 Å². The summed E-state index contributed by atoms with van der Waals surface area (Å²) in [6, 6.07) is 9.51. The fourth-order valence-corrected chi connectivity index (χ4v) is 1.97. The number of aliphatic hydroxyl groups excluding tert-OH is 1. The fraction of sp³-hybridized carbons (Fsp3) is 0.562. The standard InChI is InChI=1S/C16H25NO4/c1-3-20-15(13(2)8-7-11-18)17-16(19)21-12-14-9-5-4-6-10-14/h4-6,9-10,13,15,18H,3,7-8,11-12H2,1-2H3,(H,17,19). The molecule has 21 heavy (non-hydrogen) atoms. The van der Waals surface area contributed by atoms with Gasteiger partial charge in [0.15, 0.2) is 0 Å². The molecule has 0 fully saturated rings. The molecule has 0 saturated heterocycles. The van der Waals surface area contributed by atoms with Crippen molar-refractivity contribution in [3.8, 4) is 0 Å². The van der Waals surface area contributed by atoms with Gasteiger partial charge in [-0.15, -0.1) is 0 Å². The minimum atomic E-state index is -0.492. The second kappa shape index (κ2) is 10.2. The third kappa shape index (κ3) is 7.11. The van der Waals surface area contributed by atoms with Crippen LogP contribution in [-0.2, 0) is 16.1 Å². The first-order valence-corrected chi connectivity index (χ1v) is 7.37.